The quantitative estimate of drug-likeness (QED) is 0.772. The second-order valence-electron chi connectivity index (χ2n) is 5.99. The molecular weight excluding hydrogens is 334 g/mol. The van der Waals surface area contributed by atoms with Crippen LogP contribution in [0, 0.1) is 0 Å². The summed E-state index contributed by atoms with van der Waals surface area (Å²) in [5.74, 6) is 0.124. The number of anilines is 1. The van der Waals surface area contributed by atoms with E-state index in [0.717, 1.165) is 17.7 Å². The van der Waals surface area contributed by atoms with Crippen molar-refractivity contribution in [3.8, 4) is 11.5 Å². The number of benzene rings is 2. The lowest BCUT2D eigenvalue weighted by Crippen LogP contribution is -2.39. The van der Waals surface area contributed by atoms with Crippen molar-refractivity contribution in [3.63, 3.8) is 0 Å². The molecule has 0 aliphatic carbocycles. The predicted octanol–water partition coefficient (Wildman–Crippen LogP) is 2.84. The lowest BCUT2D eigenvalue weighted by Gasteiger charge is -2.21. The number of para-hydroxylation sites is 1. The van der Waals surface area contributed by atoms with Crippen LogP contribution in [0.4, 0.5) is 5.69 Å². The van der Waals surface area contributed by atoms with Crippen molar-refractivity contribution in [1.29, 1.82) is 0 Å². The van der Waals surface area contributed by atoms with Gasteiger partial charge in [0.15, 0.2) is 17.6 Å². The van der Waals surface area contributed by atoms with E-state index in [1.165, 1.54) is 20.3 Å². The van der Waals surface area contributed by atoms with E-state index in [2.05, 4.69) is 0 Å². The summed E-state index contributed by atoms with van der Waals surface area (Å²) in [7, 11) is 3.01. The van der Waals surface area contributed by atoms with E-state index in [4.69, 9.17) is 14.2 Å². The first-order valence-corrected chi connectivity index (χ1v) is 8.37. The van der Waals surface area contributed by atoms with Gasteiger partial charge in [0.25, 0.3) is 5.91 Å². The highest BCUT2D eigenvalue weighted by molar-refractivity contribution is 6.00. The van der Waals surface area contributed by atoms with Crippen LogP contribution in [0.25, 0.3) is 0 Å². The maximum absolute atomic E-state index is 12.7. The van der Waals surface area contributed by atoms with E-state index in [-0.39, 0.29) is 5.91 Å². The normalized spacial score (nSPS) is 13.7. The molecule has 6 nitrogen and oxygen atoms in total. The molecule has 0 radical (unpaired) electrons. The molecule has 2 aromatic rings. The Hall–Kier alpha value is -3.02. The summed E-state index contributed by atoms with van der Waals surface area (Å²) in [6.07, 6.45) is -0.0834. The second-order valence-corrected chi connectivity index (χ2v) is 5.99. The van der Waals surface area contributed by atoms with Gasteiger partial charge in [0.1, 0.15) is 0 Å². The summed E-state index contributed by atoms with van der Waals surface area (Å²) in [6, 6.07) is 12.5. The van der Waals surface area contributed by atoms with Crippen LogP contribution in [0.1, 0.15) is 22.8 Å². The van der Waals surface area contributed by atoms with E-state index >= 15 is 0 Å². The highest BCUT2D eigenvalue weighted by atomic mass is 16.5. The van der Waals surface area contributed by atoms with Crippen LogP contribution in [0.3, 0.4) is 0 Å². The van der Waals surface area contributed by atoms with Crippen molar-refractivity contribution in [1.82, 2.24) is 0 Å². The van der Waals surface area contributed by atoms with Gasteiger partial charge in [-0.2, -0.15) is 0 Å². The summed E-state index contributed by atoms with van der Waals surface area (Å²) in [5.41, 5.74) is 2.30. The van der Waals surface area contributed by atoms with E-state index < -0.39 is 12.1 Å². The van der Waals surface area contributed by atoms with Crippen LogP contribution in [-0.4, -0.2) is 38.7 Å². The average molecular weight is 355 g/mol. The second kappa shape index (κ2) is 7.47. The smallest absolute Gasteiger partial charge is 0.339 e. The molecule has 0 bridgehead atoms. The Morgan fingerprint density at radius 3 is 2.50 bits per heavy atom. The molecule has 0 spiro atoms. The van der Waals surface area contributed by atoms with Gasteiger partial charge in [-0.3, -0.25) is 4.79 Å². The first-order valence-electron chi connectivity index (χ1n) is 8.37. The zero-order chi connectivity index (χ0) is 18.7. The van der Waals surface area contributed by atoms with Crippen LogP contribution in [-0.2, 0) is 16.0 Å². The number of ether oxygens (including phenoxy) is 3. The molecule has 0 saturated carbocycles. The van der Waals surface area contributed by atoms with Crippen molar-refractivity contribution in [2.24, 2.45) is 0 Å². The Balaban J connectivity index is 1.71. The van der Waals surface area contributed by atoms with Crippen molar-refractivity contribution >= 4 is 17.6 Å². The number of amides is 1. The largest absolute Gasteiger partial charge is 0.493 e. The molecule has 0 unspecified atom stereocenters. The molecule has 0 saturated heterocycles. The van der Waals surface area contributed by atoms with Gasteiger partial charge in [0, 0.05) is 12.2 Å². The van der Waals surface area contributed by atoms with Gasteiger partial charge in [0.05, 0.1) is 19.8 Å². The third kappa shape index (κ3) is 3.35. The van der Waals surface area contributed by atoms with Crippen molar-refractivity contribution < 1.29 is 23.8 Å². The van der Waals surface area contributed by atoms with E-state index in [1.807, 2.05) is 24.3 Å². The third-order valence-electron chi connectivity index (χ3n) is 4.40. The van der Waals surface area contributed by atoms with Crippen molar-refractivity contribution in [2.45, 2.75) is 19.4 Å². The topological polar surface area (TPSA) is 65.1 Å². The fraction of sp³-hybridized carbons (Fsp3) is 0.300. The van der Waals surface area contributed by atoms with E-state index in [1.54, 1.807) is 24.0 Å². The van der Waals surface area contributed by atoms with Crippen LogP contribution < -0.4 is 14.4 Å². The van der Waals surface area contributed by atoms with Gasteiger partial charge < -0.3 is 19.1 Å². The highest BCUT2D eigenvalue weighted by Gasteiger charge is 2.30. The number of rotatable bonds is 5. The molecule has 1 aliphatic heterocycles. The van der Waals surface area contributed by atoms with Crippen molar-refractivity contribution in [2.75, 3.05) is 25.7 Å². The molecule has 0 N–H and O–H groups in total. The third-order valence-corrected chi connectivity index (χ3v) is 4.40. The summed E-state index contributed by atoms with van der Waals surface area (Å²) in [6.45, 7) is 2.18. The predicted molar refractivity (Wildman–Crippen MR) is 96.9 cm³/mol. The number of hydrogen-bond acceptors (Lipinski definition) is 5. The van der Waals surface area contributed by atoms with Gasteiger partial charge in [-0.15, -0.1) is 0 Å². The SMILES string of the molecule is COc1ccc(C(=O)O[C@H](C)C(=O)N2CCc3ccccc32)cc1OC. The fourth-order valence-corrected chi connectivity index (χ4v) is 3.03. The molecule has 0 aromatic heterocycles. The van der Waals surface area contributed by atoms with Gasteiger partial charge in [-0.1, -0.05) is 18.2 Å². The maximum Gasteiger partial charge on any atom is 0.339 e. The first-order chi connectivity index (χ1) is 12.5. The molecule has 26 heavy (non-hydrogen) atoms. The Morgan fingerprint density at radius 2 is 1.77 bits per heavy atom. The molecular formula is C20H21NO5. The Bertz CT molecular complexity index is 833. The zero-order valence-corrected chi connectivity index (χ0v) is 15.0. The number of nitrogens with zero attached hydrogens (tertiary/aromatic N) is 1. The van der Waals surface area contributed by atoms with Crippen LogP contribution in [0.15, 0.2) is 42.5 Å². The molecule has 0 fully saturated rings. The highest BCUT2D eigenvalue weighted by Crippen LogP contribution is 2.29. The zero-order valence-electron chi connectivity index (χ0n) is 15.0. The number of carbonyl (C=O) groups is 2. The molecule has 1 amide bonds. The number of carbonyl (C=O) groups excluding carboxylic acids is 2. The van der Waals surface area contributed by atoms with E-state index in [0.29, 0.717) is 23.6 Å². The van der Waals surface area contributed by atoms with E-state index in [9.17, 15) is 9.59 Å². The van der Waals surface area contributed by atoms with Crippen molar-refractivity contribution in [3.05, 3.63) is 53.6 Å². The van der Waals surface area contributed by atoms with Gasteiger partial charge >= 0.3 is 5.97 Å². The maximum atomic E-state index is 12.7. The standard InChI is InChI=1S/C20H21NO5/c1-13(19(22)21-11-10-14-6-4-5-7-16(14)21)26-20(23)15-8-9-17(24-2)18(12-15)25-3/h4-9,12-13H,10-11H2,1-3H3/t13-/m1/s1. The minimum absolute atomic E-state index is 0.233. The minimum atomic E-state index is -0.887. The molecule has 2 aromatic carbocycles. The number of hydrogen-bond donors (Lipinski definition) is 0. The fourth-order valence-electron chi connectivity index (χ4n) is 3.03. The summed E-state index contributed by atoms with van der Waals surface area (Å²) in [4.78, 5) is 26.8. The molecule has 6 heteroatoms. The number of fused-ring (bicyclic) bond motifs is 1. The van der Waals surface area contributed by atoms with Crippen LogP contribution in [0.2, 0.25) is 0 Å². The Labute approximate surface area is 152 Å². The molecule has 1 heterocycles. The Kier molecular flexibility index (Phi) is 5.11. The van der Waals surface area contributed by atoms with Gasteiger partial charge in [-0.25, -0.2) is 4.79 Å². The molecule has 3 rings (SSSR count). The molecule has 1 aliphatic rings. The first kappa shape index (κ1) is 17.8. The van der Waals surface area contributed by atoms with Gasteiger partial charge in [-0.05, 0) is 43.2 Å². The summed E-state index contributed by atoms with van der Waals surface area (Å²) >= 11 is 0. The lowest BCUT2D eigenvalue weighted by molar-refractivity contribution is -0.126. The average Bonchev–Trinajstić information content (AvgIpc) is 3.10. The Morgan fingerprint density at radius 1 is 1.04 bits per heavy atom. The number of methoxy groups -OCH3 is 2. The monoisotopic (exact) mass is 355 g/mol. The summed E-state index contributed by atoms with van der Waals surface area (Å²) < 4.78 is 15.7. The van der Waals surface area contributed by atoms with Gasteiger partial charge in [0.2, 0.25) is 0 Å². The minimum Gasteiger partial charge on any atom is -0.493 e. The van der Waals surface area contributed by atoms with Crippen LogP contribution >= 0.6 is 0 Å². The molecule has 136 valence electrons. The van der Waals surface area contributed by atoms with Crippen LogP contribution in [0.5, 0.6) is 11.5 Å². The summed E-state index contributed by atoms with van der Waals surface area (Å²) in [5, 5.41) is 0. The lowest BCUT2D eigenvalue weighted by atomic mass is 10.2. The number of esters is 1. The molecule has 1 atom stereocenters.